The van der Waals surface area contributed by atoms with Gasteiger partial charge in [0.1, 0.15) is 0 Å². The van der Waals surface area contributed by atoms with Crippen LogP contribution < -0.4 is 0 Å². The van der Waals surface area contributed by atoms with Crippen LogP contribution in [0.1, 0.15) is 32.1 Å². The Labute approximate surface area is 209 Å². The highest BCUT2D eigenvalue weighted by Crippen LogP contribution is 2.31. The number of Topliss-reactive ketones (excluding diaryl/α,β-unsaturated/α-hetero) is 1. The number of pyridine rings is 1. The number of rotatable bonds is 7. The van der Waals surface area contributed by atoms with Gasteiger partial charge in [0.2, 0.25) is 5.78 Å². The van der Waals surface area contributed by atoms with Crippen molar-refractivity contribution in [2.45, 2.75) is 20.4 Å². The van der Waals surface area contributed by atoms with Gasteiger partial charge in [0.25, 0.3) is 0 Å². The first-order chi connectivity index (χ1) is 17.5. The summed E-state index contributed by atoms with van der Waals surface area (Å²) in [6, 6.07) is 25.1. The highest BCUT2D eigenvalue weighted by atomic mass is 16.5. The molecular formula is C31H26N2O3. The van der Waals surface area contributed by atoms with Crippen LogP contribution in [0.4, 0.5) is 0 Å². The van der Waals surface area contributed by atoms with E-state index in [0.29, 0.717) is 34.3 Å². The van der Waals surface area contributed by atoms with Crippen molar-refractivity contribution < 1.29 is 14.3 Å². The minimum Gasteiger partial charge on any atom is -0.454 e. The second kappa shape index (κ2) is 9.62. The van der Waals surface area contributed by atoms with Gasteiger partial charge in [0, 0.05) is 34.4 Å². The van der Waals surface area contributed by atoms with Gasteiger partial charge in [-0.2, -0.15) is 0 Å². The Hall–Kier alpha value is -4.51. The van der Waals surface area contributed by atoms with Gasteiger partial charge >= 0.3 is 5.97 Å². The molecule has 5 nitrogen and oxygen atoms in total. The zero-order valence-corrected chi connectivity index (χ0v) is 20.3. The average molecular weight is 475 g/mol. The fourth-order valence-corrected chi connectivity index (χ4v) is 4.71. The van der Waals surface area contributed by atoms with Gasteiger partial charge < -0.3 is 9.30 Å². The SMILES string of the molecule is C=CCn1c(C)cc(C(=O)COC(=O)c2cc(-c3cccc4ccccc34)nc3ccccc23)c1C. The normalized spacial score (nSPS) is 11.1. The average Bonchev–Trinajstić information content (AvgIpc) is 3.19. The Morgan fingerprint density at radius 2 is 1.64 bits per heavy atom. The zero-order valence-electron chi connectivity index (χ0n) is 20.3. The third-order valence-electron chi connectivity index (χ3n) is 6.52. The first-order valence-electron chi connectivity index (χ1n) is 11.8. The molecule has 0 unspecified atom stereocenters. The van der Waals surface area contributed by atoms with Gasteiger partial charge in [-0.25, -0.2) is 9.78 Å². The summed E-state index contributed by atoms with van der Waals surface area (Å²) in [5.41, 5.74) is 5.03. The highest BCUT2D eigenvalue weighted by Gasteiger charge is 2.20. The summed E-state index contributed by atoms with van der Waals surface area (Å²) in [7, 11) is 0. The molecule has 0 amide bonds. The molecular weight excluding hydrogens is 448 g/mol. The standard InChI is InChI=1S/C31H26N2O3/c1-4-16-33-20(2)17-26(21(33)3)30(34)19-36-31(35)27-18-29(32-28-15-8-7-13-25(27)28)24-14-9-11-22-10-5-6-12-23(22)24/h4-15,17-18H,1,16,19H2,2-3H3. The number of carbonyl (C=O) groups is 2. The molecule has 36 heavy (non-hydrogen) atoms. The zero-order chi connectivity index (χ0) is 25.2. The first kappa shape index (κ1) is 23.2. The number of aromatic nitrogens is 2. The molecule has 2 heterocycles. The number of ketones is 1. The summed E-state index contributed by atoms with van der Waals surface area (Å²) in [6.45, 7) is 7.88. The third-order valence-corrected chi connectivity index (χ3v) is 6.52. The molecule has 5 aromatic rings. The summed E-state index contributed by atoms with van der Waals surface area (Å²) in [6.07, 6.45) is 1.79. The topological polar surface area (TPSA) is 61.2 Å². The lowest BCUT2D eigenvalue weighted by molar-refractivity contribution is 0.0476. The van der Waals surface area contributed by atoms with Gasteiger partial charge in [-0.05, 0) is 42.8 Å². The number of allylic oxidation sites excluding steroid dienone is 1. The largest absolute Gasteiger partial charge is 0.454 e. The summed E-state index contributed by atoms with van der Waals surface area (Å²) in [4.78, 5) is 31.1. The van der Waals surface area contributed by atoms with Gasteiger partial charge in [-0.15, -0.1) is 6.58 Å². The minimum atomic E-state index is -0.552. The number of para-hydroxylation sites is 1. The van der Waals surface area contributed by atoms with Crippen molar-refractivity contribution in [3.63, 3.8) is 0 Å². The number of esters is 1. The maximum atomic E-state index is 13.3. The lowest BCUT2D eigenvalue weighted by atomic mass is 9.99. The molecule has 3 aromatic carbocycles. The van der Waals surface area contributed by atoms with E-state index in [0.717, 1.165) is 27.7 Å². The van der Waals surface area contributed by atoms with Crippen LogP contribution in [0.2, 0.25) is 0 Å². The lowest BCUT2D eigenvalue weighted by Gasteiger charge is -2.12. The number of carbonyl (C=O) groups excluding carboxylic acids is 2. The third kappa shape index (κ3) is 4.20. The maximum absolute atomic E-state index is 13.3. The summed E-state index contributed by atoms with van der Waals surface area (Å²) < 4.78 is 7.56. The molecule has 0 aliphatic rings. The molecule has 5 heteroatoms. The van der Waals surface area contributed by atoms with E-state index in [2.05, 4.69) is 6.58 Å². The van der Waals surface area contributed by atoms with Crippen molar-refractivity contribution >= 4 is 33.4 Å². The van der Waals surface area contributed by atoms with Gasteiger partial charge in [0.15, 0.2) is 6.61 Å². The molecule has 0 N–H and O–H groups in total. The van der Waals surface area contributed by atoms with Gasteiger partial charge in [-0.1, -0.05) is 66.7 Å². The Balaban J connectivity index is 1.48. The van der Waals surface area contributed by atoms with Crippen LogP contribution in [-0.2, 0) is 11.3 Å². The van der Waals surface area contributed by atoms with Crippen molar-refractivity contribution in [3.05, 3.63) is 114 Å². The highest BCUT2D eigenvalue weighted by molar-refractivity contribution is 6.07. The summed E-state index contributed by atoms with van der Waals surface area (Å²) in [5, 5.41) is 2.82. The van der Waals surface area contributed by atoms with Crippen LogP contribution in [0.3, 0.4) is 0 Å². The van der Waals surface area contributed by atoms with Crippen molar-refractivity contribution in [3.8, 4) is 11.3 Å². The van der Waals surface area contributed by atoms with E-state index in [1.54, 1.807) is 12.1 Å². The molecule has 0 saturated heterocycles. The Morgan fingerprint density at radius 3 is 2.44 bits per heavy atom. The second-order valence-corrected chi connectivity index (χ2v) is 8.78. The predicted molar refractivity (Wildman–Crippen MR) is 143 cm³/mol. The molecule has 178 valence electrons. The van der Waals surface area contributed by atoms with E-state index >= 15 is 0 Å². The number of aryl methyl sites for hydroxylation is 1. The number of ether oxygens (including phenoxy) is 1. The second-order valence-electron chi connectivity index (χ2n) is 8.78. The van der Waals surface area contributed by atoms with Gasteiger partial charge in [-0.3, -0.25) is 4.79 Å². The number of nitrogens with zero attached hydrogens (tertiary/aromatic N) is 2. The van der Waals surface area contributed by atoms with Crippen molar-refractivity contribution in [1.82, 2.24) is 9.55 Å². The monoisotopic (exact) mass is 474 g/mol. The molecule has 2 aromatic heterocycles. The Bertz CT molecular complexity index is 1640. The molecule has 0 bridgehead atoms. The van der Waals surface area contributed by atoms with Gasteiger partial charge in [0.05, 0.1) is 16.8 Å². The number of benzene rings is 3. The minimum absolute atomic E-state index is 0.237. The van der Waals surface area contributed by atoms with E-state index in [-0.39, 0.29) is 12.4 Å². The Morgan fingerprint density at radius 1 is 0.917 bits per heavy atom. The lowest BCUT2D eigenvalue weighted by Crippen LogP contribution is -2.15. The number of hydrogen-bond donors (Lipinski definition) is 0. The maximum Gasteiger partial charge on any atom is 0.339 e. The summed E-state index contributed by atoms with van der Waals surface area (Å²) in [5.74, 6) is -0.789. The van der Waals surface area contributed by atoms with Crippen LogP contribution in [-0.4, -0.2) is 27.9 Å². The van der Waals surface area contributed by atoms with E-state index in [9.17, 15) is 9.59 Å². The fraction of sp³-hybridized carbons (Fsp3) is 0.129. The molecule has 0 radical (unpaired) electrons. The van der Waals surface area contributed by atoms with E-state index in [4.69, 9.17) is 9.72 Å². The molecule has 0 spiro atoms. The molecule has 0 aliphatic heterocycles. The molecule has 5 rings (SSSR count). The summed E-state index contributed by atoms with van der Waals surface area (Å²) >= 11 is 0. The van der Waals surface area contributed by atoms with E-state index in [1.165, 1.54) is 0 Å². The van der Waals surface area contributed by atoms with Crippen LogP contribution in [0.15, 0.2) is 91.5 Å². The Kier molecular flexibility index (Phi) is 6.21. The number of fused-ring (bicyclic) bond motifs is 2. The van der Waals surface area contributed by atoms with Crippen LogP contribution >= 0.6 is 0 Å². The smallest absolute Gasteiger partial charge is 0.339 e. The molecule has 0 saturated carbocycles. The predicted octanol–water partition coefficient (Wildman–Crippen LogP) is 6.70. The van der Waals surface area contributed by atoms with Crippen LogP contribution in [0, 0.1) is 13.8 Å². The quantitative estimate of drug-likeness (QED) is 0.150. The van der Waals surface area contributed by atoms with E-state index in [1.807, 2.05) is 91.2 Å². The van der Waals surface area contributed by atoms with Crippen LogP contribution in [0.25, 0.3) is 32.9 Å². The van der Waals surface area contributed by atoms with E-state index < -0.39 is 5.97 Å². The van der Waals surface area contributed by atoms with Crippen molar-refractivity contribution in [2.24, 2.45) is 0 Å². The number of hydrogen-bond acceptors (Lipinski definition) is 4. The molecule has 0 atom stereocenters. The fourth-order valence-electron chi connectivity index (χ4n) is 4.71. The van der Waals surface area contributed by atoms with Crippen LogP contribution in [0.5, 0.6) is 0 Å². The van der Waals surface area contributed by atoms with Crippen molar-refractivity contribution in [2.75, 3.05) is 6.61 Å². The molecule has 0 aliphatic carbocycles. The molecule has 0 fully saturated rings. The van der Waals surface area contributed by atoms with Crippen molar-refractivity contribution in [1.29, 1.82) is 0 Å². The first-order valence-corrected chi connectivity index (χ1v) is 11.8.